The van der Waals surface area contributed by atoms with Crippen LogP contribution in [0.4, 0.5) is 17.1 Å². The summed E-state index contributed by atoms with van der Waals surface area (Å²) in [5.41, 5.74) is 5.24. The van der Waals surface area contributed by atoms with Gasteiger partial charge in [0.2, 0.25) is 0 Å². The van der Waals surface area contributed by atoms with Gasteiger partial charge in [0.05, 0.1) is 44.0 Å². The summed E-state index contributed by atoms with van der Waals surface area (Å²) in [6, 6.07) is 17.1. The molecule has 0 radical (unpaired) electrons. The predicted octanol–water partition coefficient (Wildman–Crippen LogP) is 5.38. The Balaban J connectivity index is 1.27. The fraction of sp³-hybridized carbons (Fsp3) is 0. The topological polar surface area (TPSA) is 234 Å². The van der Waals surface area contributed by atoms with E-state index in [1.165, 1.54) is 30.4 Å². The number of hydrogen-bond acceptors (Lipinski definition) is 12. The number of aliphatic imine (C=N–C) groups is 1. The van der Waals surface area contributed by atoms with Crippen LogP contribution in [0.1, 0.15) is 11.1 Å². The summed E-state index contributed by atoms with van der Waals surface area (Å²) in [5, 5.41) is 35.3. The Morgan fingerprint density at radius 2 is 1.39 bits per heavy atom. The van der Waals surface area contributed by atoms with E-state index in [9.17, 15) is 41.2 Å². The van der Waals surface area contributed by atoms with Gasteiger partial charge in [0.25, 0.3) is 25.9 Å². The highest BCUT2D eigenvalue weighted by molar-refractivity contribution is 7.86. The van der Waals surface area contributed by atoms with E-state index < -0.39 is 35.7 Å². The molecule has 2 aliphatic carbocycles. The third kappa shape index (κ3) is 7.09. The van der Waals surface area contributed by atoms with Crippen LogP contribution in [0.15, 0.2) is 139 Å². The Labute approximate surface area is 278 Å². The molecular weight excluding hydrogens is 677 g/mol. The summed E-state index contributed by atoms with van der Waals surface area (Å²) in [6.07, 6.45) is 9.51. The Morgan fingerprint density at radius 1 is 0.714 bits per heavy atom. The standard InChI is InChI=1S/C32H22N6O9S2/c39-30-7-3-4-19-16-23(48(42,43)44)18-29(32(19)30)37-36-27-15-14-26(24-5-1-2-6-25(24)27)35-34-21-10-8-20(9-11-21)33-28-13-12-22(38(40)41)17-31(28)49(45,46)47/h1-18,37,39H,(H,42,43,44)(H,45,46,47). The van der Waals surface area contributed by atoms with E-state index in [4.69, 9.17) is 0 Å². The van der Waals surface area contributed by atoms with Crippen molar-refractivity contribution in [3.63, 3.8) is 0 Å². The fourth-order valence-corrected chi connectivity index (χ4v) is 6.14. The summed E-state index contributed by atoms with van der Waals surface area (Å²) in [6.45, 7) is 0. The molecule has 0 amide bonds. The number of nitro groups is 1. The van der Waals surface area contributed by atoms with Gasteiger partial charge in [-0.1, -0.05) is 36.4 Å². The molecule has 49 heavy (non-hydrogen) atoms. The first kappa shape index (κ1) is 32.8. The van der Waals surface area contributed by atoms with Gasteiger partial charge in [-0.25, -0.2) is 4.99 Å². The van der Waals surface area contributed by atoms with Crippen LogP contribution in [-0.4, -0.2) is 58.8 Å². The molecule has 0 atom stereocenters. The lowest BCUT2D eigenvalue weighted by Gasteiger charge is -2.15. The number of rotatable bonds is 7. The van der Waals surface area contributed by atoms with E-state index in [1.807, 2.05) is 6.07 Å². The van der Waals surface area contributed by atoms with Crippen LogP contribution in [0.25, 0.3) is 10.8 Å². The molecule has 0 aliphatic heterocycles. The monoisotopic (exact) mass is 698 g/mol. The maximum absolute atomic E-state index is 11.9. The van der Waals surface area contributed by atoms with Crippen LogP contribution >= 0.6 is 0 Å². The van der Waals surface area contributed by atoms with Crippen molar-refractivity contribution in [1.82, 2.24) is 0 Å². The molecule has 4 aromatic carbocycles. The van der Waals surface area contributed by atoms with E-state index in [-0.39, 0.29) is 27.7 Å². The summed E-state index contributed by atoms with van der Waals surface area (Å²) in [4.78, 5) is 13.4. The molecule has 15 nitrogen and oxygen atoms in total. The average molecular weight is 699 g/mol. The first-order chi connectivity index (χ1) is 23.3. The highest BCUT2D eigenvalue weighted by Gasteiger charge is 2.21. The van der Waals surface area contributed by atoms with Gasteiger partial charge in [-0.15, -0.1) is 5.10 Å². The van der Waals surface area contributed by atoms with Crippen LogP contribution in [0.5, 0.6) is 5.75 Å². The van der Waals surface area contributed by atoms with E-state index in [2.05, 4.69) is 25.7 Å². The summed E-state index contributed by atoms with van der Waals surface area (Å²) in [7, 11) is -9.35. The quantitative estimate of drug-likeness (QED) is 0.0833. The smallest absolute Gasteiger partial charge is 0.296 e. The van der Waals surface area contributed by atoms with Gasteiger partial charge in [0, 0.05) is 28.6 Å². The van der Waals surface area contributed by atoms with Gasteiger partial charge in [0.1, 0.15) is 10.6 Å². The van der Waals surface area contributed by atoms with Crippen LogP contribution in [0.3, 0.4) is 0 Å². The molecule has 0 saturated heterocycles. The Kier molecular flexibility index (Phi) is 8.57. The number of benzene rings is 4. The Hall–Kier alpha value is -6.14. The zero-order valence-corrected chi connectivity index (χ0v) is 26.4. The number of anilines is 1. The second kappa shape index (κ2) is 12.8. The van der Waals surface area contributed by atoms with Gasteiger partial charge in [-0.2, -0.15) is 27.0 Å². The third-order valence-electron chi connectivity index (χ3n) is 7.21. The van der Waals surface area contributed by atoms with Crippen molar-refractivity contribution < 1.29 is 36.0 Å². The molecule has 0 spiro atoms. The number of hydrogen-bond donors (Lipinski definition) is 4. The molecule has 0 unspecified atom stereocenters. The third-order valence-corrected chi connectivity index (χ3v) is 8.92. The van der Waals surface area contributed by atoms with Crippen LogP contribution in [0, 0.1) is 10.1 Å². The summed E-state index contributed by atoms with van der Waals surface area (Å²) in [5.74, 6) is -0.117. The lowest BCUT2D eigenvalue weighted by molar-refractivity contribution is -0.385. The minimum absolute atomic E-state index is 0.117. The minimum Gasteiger partial charge on any atom is -0.507 e. The Morgan fingerprint density at radius 3 is 2.06 bits per heavy atom. The molecular formula is C32H22N6O9S2. The minimum atomic E-state index is -4.80. The van der Waals surface area contributed by atoms with E-state index in [1.54, 1.807) is 54.6 Å². The number of aromatic hydroxyl groups is 1. The first-order valence-corrected chi connectivity index (χ1v) is 16.9. The molecule has 0 saturated carbocycles. The largest absolute Gasteiger partial charge is 0.507 e. The number of fused-ring (bicyclic) bond motifs is 2. The fourth-order valence-electron chi connectivity index (χ4n) is 4.95. The first-order valence-electron chi connectivity index (χ1n) is 14.0. The van der Waals surface area contributed by atoms with Crippen molar-refractivity contribution in [1.29, 1.82) is 0 Å². The van der Waals surface area contributed by atoms with Gasteiger partial charge in [-0.3, -0.25) is 24.6 Å². The average Bonchev–Trinajstić information content (AvgIpc) is 3.06. The molecule has 2 aliphatic rings. The molecule has 0 fully saturated rings. The van der Waals surface area contributed by atoms with Crippen molar-refractivity contribution in [3.8, 4) is 5.75 Å². The molecule has 0 aromatic heterocycles. The SMILES string of the molecule is O=[N+]([O-])c1ccc(N=C2C=CC(=NN=C3C=CC(=NNc4cc(S(=O)(=O)O)cc5cccc(O)c45)c4ccccc43)C=C2)c(S(=O)(=O)O)c1. The van der Waals surface area contributed by atoms with Crippen LogP contribution in [-0.2, 0) is 20.2 Å². The number of nitro benzene ring substituents is 1. The van der Waals surface area contributed by atoms with E-state index in [0.29, 0.717) is 39.0 Å². The number of hydrazone groups is 1. The highest BCUT2D eigenvalue weighted by Crippen LogP contribution is 2.35. The number of phenolic OH excluding ortho intramolecular Hbond substituents is 1. The number of phenols is 1. The van der Waals surface area contributed by atoms with Gasteiger partial charge >= 0.3 is 0 Å². The predicted molar refractivity (Wildman–Crippen MR) is 183 cm³/mol. The van der Waals surface area contributed by atoms with Crippen LogP contribution in [0.2, 0.25) is 0 Å². The lowest BCUT2D eigenvalue weighted by atomic mass is 9.94. The molecule has 4 N–H and O–H groups in total. The van der Waals surface area contributed by atoms with Gasteiger partial charge in [0.15, 0.2) is 0 Å². The van der Waals surface area contributed by atoms with Gasteiger partial charge < -0.3 is 5.11 Å². The molecule has 6 rings (SSSR count). The zero-order chi connectivity index (χ0) is 34.9. The maximum atomic E-state index is 11.9. The maximum Gasteiger partial charge on any atom is 0.296 e. The molecule has 0 bridgehead atoms. The number of non-ortho nitro benzene ring substituents is 1. The second-order valence-electron chi connectivity index (χ2n) is 10.4. The highest BCUT2D eigenvalue weighted by atomic mass is 32.2. The molecule has 4 aromatic rings. The summed E-state index contributed by atoms with van der Waals surface area (Å²) >= 11 is 0. The molecule has 0 heterocycles. The normalized spacial score (nSPS) is 15.9. The van der Waals surface area contributed by atoms with Crippen molar-refractivity contribution in [2.75, 3.05) is 5.43 Å². The number of nitrogens with zero attached hydrogens (tertiary/aromatic N) is 5. The van der Waals surface area contributed by atoms with Crippen molar-refractivity contribution in [2.24, 2.45) is 20.3 Å². The van der Waals surface area contributed by atoms with Crippen molar-refractivity contribution in [2.45, 2.75) is 9.79 Å². The van der Waals surface area contributed by atoms with Gasteiger partial charge in [-0.05, 0) is 66.1 Å². The van der Waals surface area contributed by atoms with E-state index >= 15 is 0 Å². The number of allylic oxidation sites excluding steroid dienone is 6. The van der Waals surface area contributed by atoms with E-state index in [0.717, 1.165) is 18.2 Å². The summed E-state index contributed by atoms with van der Waals surface area (Å²) < 4.78 is 66.6. The lowest BCUT2D eigenvalue weighted by Crippen LogP contribution is -2.14. The molecule has 246 valence electrons. The zero-order valence-electron chi connectivity index (χ0n) is 24.7. The van der Waals surface area contributed by atoms with Crippen molar-refractivity contribution >= 4 is 70.9 Å². The Bertz CT molecular complexity index is 2500. The van der Waals surface area contributed by atoms with Crippen molar-refractivity contribution in [3.05, 3.63) is 130 Å². The number of nitrogens with one attached hydrogen (secondary N) is 1. The second-order valence-corrected chi connectivity index (χ2v) is 13.2. The van der Waals surface area contributed by atoms with Crippen LogP contribution < -0.4 is 5.43 Å². The molecule has 17 heteroatoms.